The first-order chi connectivity index (χ1) is 10.6. The maximum atomic E-state index is 12.2. The van der Waals surface area contributed by atoms with Crippen LogP contribution in [0.25, 0.3) is 0 Å². The molecule has 2 rings (SSSR count). The first-order valence-electron chi connectivity index (χ1n) is 7.76. The van der Waals surface area contributed by atoms with Crippen LogP contribution in [0.1, 0.15) is 29.7 Å². The lowest BCUT2D eigenvalue weighted by Crippen LogP contribution is -3.09. The van der Waals surface area contributed by atoms with Gasteiger partial charge in [-0.3, -0.25) is 4.79 Å². The molecule has 0 aliphatic rings. The molecule has 2 aromatic rings. The Labute approximate surface area is 133 Å². The predicted octanol–water partition coefficient (Wildman–Crippen LogP) is 1.89. The first-order valence-corrected chi connectivity index (χ1v) is 7.76. The van der Waals surface area contributed by atoms with Crippen LogP contribution in [0.5, 0.6) is 0 Å². The largest absolute Gasteiger partial charge is 0.345 e. The zero-order valence-electron chi connectivity index (χ0n) is 13.6. The molecule has 0 heterocycles. The van der Waals surface area contributed by atoms with Gasteiger partial charge in [-0.2, -0.15) is 0 Å². The Kier molecular flexibility index (Phi) is 5.73. The van der Waals surface area contributed by atoms with Crippen LogP contribution in [0.15, 0.2) is 54.6 Å². The van der Waals surface area contributed by atoms with Crippen molar-refractivity contribution in [2.45, 2.75) is 26.4 Å². The van der Waals surface area contributed by atoms with Gasteiger partial charge in [0.25, 0.3) is 5.91 Å². The highest BCUT2D eigenvalue weighted by atomic mass is 16.2. The smallest absolute Gasteiger partial charge is 0.275 e. The predicted molar refractivity (Wildman–Crippen MR) is 89.6 cm³/mol. The van der Waals surface area contributed by atoms with Crippen molar-refractivity contribution in [3.05, 3.63) is 71.3 Å². The second-order valence-electron chi connectivity index (χ2n) is 5.94. The molecule has 0 radical (unpaired) electrons. The third-order valence-corrected chi connectivity index (χ3v) is 3.89. The van der Waals surface area contributed by atoms with Crippen molar-refractivity contribution in [1.29, 1.82) is 0 Å². The van der Waals surface area contributed by atoms with Gasteiger partial charge in [-0.05, 0) is 25.0 Å². The Morgan fingerprint density at radius 1 is 1.09 bits per heavy atom. The van der Waals surface area contributed by atoms with Crippen LogP contribution < -0.4 is 10.2 Å². The summed E-state index contributed by atoms with van der Waals surface area (Å²) < 4.78 is 0. The Bertz CT molecular complexity index is 610. The van der Waals surface area contributed by atoms with E-state index >= 15 is 0 Å². The molecule has 0 aromatic heterocycles. The van der Waals surface area contributed by atoms with Crippen LogP contribution in [-0.4, -0.2) is 19.5 Å². The molecule has 1 amide bonds. The number of aryl methyl sites for hydroxylation is 1. The lowest BCUT2D eigenvalue weighted by atomic mass is 10.1. The van der Waals surface area contributed by atoms with Crippen LogP contribution in [0.3, 0.4) is 0 Å². The molecular weight excluding hydrogens is 272 g/mol. The number of hydrogen-bond donors (Lipinski definition) is 2. The number of hydrogen-bond acceptors (Lipinski definition) is 1. The number of likely N-dealkylation sites (N-methyl/N-ethyl adjacent to an activating group) is 1. The number of benzene rings is 2. The maximum Gasteiger partial charge on any atom is 0.275 e. The van der Waals surface area contributed by atoms with Crippen LogP contribution in [0.4, 0.5) is 0 Å². The molecule has 3 nitrogen and oxygen atoms in total. The standard InChI is InChI=1S/C19H24N2O/c1-15-9-7-8-12-18(15)13-21(3)14-19(22)20-16(2)17-10-5-4-6-11-17/h4-12,16H,13-14H2,1-3H3,(H,20,22)/p+1/t16-/m1/s1. The van der Waals surface area contributed by atoms with Gasteiger partial charge in [0, 0.05) is 5.56 Å². The van der Waals surface area contributed by atoms with Crippen LogP contribution in [0, 0.1) is 6.92 Å². The highest BCUT2D eigenvalue weighted by molar-refractivity contribution is 5.77. The molecule has 22 heavy (non-hydrogen) atoms. The van der Waals surface area contributed by atoms with E-state index in [-0.39, 0.29) is 11.9 Å². The van der Waals surface area contributed by atoms with Crippen molar-refractivity contribution < 1.29 is 9.69 Å². The minimum absolute atomic E-state index is 0.0416. The van der Waals surface area contributed by atoms with Crippen molar-refractivity contribution in [2.24, 2.45) is 0 Å². The SMILES string of the molecule is Cc1ccccc1C[NH+](C)CC(=O)N[C@H](C)c1ccccc1. The van der Waals surface area contributed by atoms with Gasteiger partial charge >= 0.3 is 0 Å². The van der Waals surface area contributed by atoms with Gasteiger partial charge in [-0.25, -0.2) is 0 Å². The van der Waals surface area contributed by atoms with Crippen molar-refractivity contribution in [3.8, 4) is 0 Å². The molecule has 2 atom stereocenters. The van der Waals surface area contributed by atoms with Crippen molar-refractivity contribution in [2.75, 3.05) is 13.6 Å². The minimum Gasteiger partial charge on any atom is -0.345 e. The fourth-order valence-corrected chi connectivity index (χ4v) is 2.59. The molecule has 0 aliphatic carbocycles. The maximum absolute atomic E-state index is 12.2. The fourth-order valence-electron chi connectivity index (χ4n) is 2.59. The summed E-state index contributed by atoms with van der Waals surface area (Å²) >= 11 is 0. The number of rotatable bonds is 6. The average molecular weight is 297 g/mol. The third-order valence-electron chi connectivity index (χ3n) is 3.89. The fraction of sp³-hybridized carbons (Fsp3) is 0.316. The zero-order chi connectivity index (χ0) is 15.9. The van der Waals surface area contributed by atoms with E-state index in [9.17, 15) is 4.79 Å². The van der Waals surface area contributed by atoms with Gasteiger partial charge < -0.3 is 10.2 Å². The zero-order valence-corrected chi connectivity index (χ0v) is 13.6. The Morgan fingerprint density at radius 2 is 1.73 bits per heavy atom. The Morgan fingerprint density at radius 3 is 2.41 bits per heavy atom. The second kappa shape index (κ2) is 7.76. The summed E-state index contributed by atoms with van der Waals surface area (Å²) in [4.78, 5) is 13.4. The second-order valence-corrected chi connectivity index (χ2v) is 5.94. The quantitative estimate of drug-likeness (QED) is 0.839. The normalized spacial score (nSPS) is 13.4. The highest BCUT2D eigenvalue weighted by Gasteiger charge is 2.14. The molecule has 2 N–H and O–H groups in total. The summed E-state index contributed by atoms with van der Waals surface area (Å²) in [6.07, 6.45) is 0. The molecular formula is C19H25N2O+. The monoisotopic (exact) mass is 297 g/mol. The van der Waals surface area contributed by atoms with Gasteiger partial charge in [-0.15, -0.1) is 0 Å². The molecule has 0 fully saturated rings. The van der Waals surface area contributed by atoms with E-state index in [4.69, 9.17) is 0 Å². The lowest BCUT2D eigenvalue weighted by molar-refractivity contribution is -0.885. The number of carbonyl (C=O) groups excluding carboxylic acids is 1. The first kappa shape index (κ1) is 16.2. The van der Waals surface area contributed by atoms with Crippen molar-refractivity contribution in [3.63, 3.8) is 0 Å². The van der Waals surface area contributed by atoms with Crippen molar-refractivity contribution >= 4 is 5.91 Å². The molecule has 0 saturated heterocycles. The van der Waals surface area contributed by atoms with Crippen LogP contribution >= 0.6 is 0 Å². The van der Waals surface area contributed by atoms with E-state index in [1.165, 1.54) is 16.0 Å². The number of quaternary nitrogens is 1. The molecule has 0 saturated carbocycles. The van der Waals surface area contributed by atoms with Crippen LogP contribution in [0.2, 0.25) is 0 Å². The van der Waals surface area contributed by atoms with E-state index in [1.807, 2.05) is 49.4 Å². The minimum atomic E-state index is 0.0416. The summed E-state index contributed by atoms with van der Waals surface area (Å²) in [6.45, 7) is 5.47. The summed E-state index contributed by atoms with van der Waals surface area (Å²) in [5.74, 6) is 0.0856. The van der Waals surface area contributed by atoms with Gasteiger partial charge in [0.1, 0.15) is 6.54 Å². The summed E-state index contributed by atoms with van der Waals surface area (Å²) in [6, 6.07) is 18.4. The van der Waals surface area contributed by atoms with E-state index in [1.54, 1.807) is 0 Å². The van der Waals surface area contributed by atoms with Crippen LogP contribution in [-0.2, 0) is 11.3 Å². The van der Waals surface area contributed by atoms with E-state index in [0.29, 0.717) is 6.54 Å². The molecule has 0 spiro atoms. The van der Waals surface area contributed by atoms with Crippen molar-refractivity contribution in [1.82, 2.24) is 5.32 Å². The van der Waals surface area contributed by atoms with Gasteiger partial charge in [0.15, 0.2) is 6.54 Å². The number of carbonyl (C=O) groups is 1. The number of nitrogens with one attached hydrogen (secondary N) is 2. The summed E-state index contributed by atoms with van der Waals surface area (Å²) in [5, 5.41) is 3.07. The topological polar surface area (TPSA) is 33.5 Å². The van der Waals surface area contributed by atoms with E-state index in [0.717, 1.165) is 12.1 Å². The molecule has 0 aliphatic heterocycles. The third kappa shape index (κ3) is 4.71. The highest BCUT2D eigenvalue weighted by Crippen LogP contribution is 2.10. The molecule has 0 bridgehead atoms. The molecule has 3 heteroatoms. The Balaban J connectivity index is 1.85. The van der Waals surface area contributed by atoms with E-state index < -0.39 is 0 Å². The molecule has 116 valence electrons. The number of amides is 1. The van der Waals surface area contributed by atoms with Gasteiger partial charge in [0.05, 0.1) is 13.1 Å². The van der Waals surface area contributed by atoms with Gasteiger partial charge in [-0.1, -0.05) is 54.6 Å². The van der Waals surface area contributed by atoms with E-state index in [2.05, 4.69) is 31.4 Å². The lowest BCUT2D eigenvalue weighted by Gasteiger charge is -2.18. The molecule has 2 aromatic carbocycles. The van der Waals surface area contributed by atoms with Gasteiger partial charge in [0.2, 0.25) is 0 Å². The summed E-state index contributed by atoms with van der Waals surface area (Å²) in [5.41, 5.74) is 3.70. The average Bonchev–Trinajstić information content (AvgIpc) is 2.50. The summed E-state index contributed by atoms with van der Waals surface area (Å²) in [7, 11) is 2.05. The molecule has 1 unspecified atom stereocenters. The Hall–Kier alpha value is -2.13.